The maximum atomic E-state index is 12.6. The zero-order chi connectivity index (χ0) is 20.1. The van der Waals surface area contributed by atoms with Crippen LogP contribution in [0.2, 0.25) is 0 Å². The number of hydrogen-bond donors (Lipinski definition) is 1. The molecule has 0 saturated carbocycles. The number of ether oxygens (including phenoxy) is 1. The number of carbonyl (C=O) groups excluding carboxylic acids is 2. The molecule has 0 spiro atoms. The lowest BCUT2D eigenvalue weighted by Gasteiger charge is -2.21. The lowest BCUT2D eigenvalue weighted by molar-refractivity contribution is -0.121. The Kier molecular flexibility index (Phi) is 6.26. The third kappa shape index (κ3) is 4.48. The van der Waals surface area contributed by atoms with Gasteiger partial charge in [-0.25, -0.2) is 4.98 Å². The molecule has 0 aliphatic rings. The van der Waals surface area contributed by atoms with Gasteiger partial charge < -0.3 is 14.6 Å². The number of nitrogens with one attached hydrogen (secondary N) is 1. The average Bonchev–Trinajstić information content (AvgIpc) is 3.32. The van der Waals surface area contributed by atoms with Crippen molar-refractivity contribution in [1.29, 1.82) is 0 Å². The third-order valence-electron chi connectivity index (χ3n) is 4.47. The van der Waals surface area contributed by atoms with E-state index in [1.807, 2.05) is 61.1 Å². The van der Waals surface area contributed by atoms with Gasteiger partial charge in [-0.2, -0.15) is 0 Å². The van der Waals surface area contributed by atoms with E-state index in [9.17, 15) is 9.59 Å². The summed E-state index contributed by atoms with van der Waals surface area (Å²) in [7, 11) is 3.47. The molecule has 1 atom stereocenters. The van der Waals surface area contributed by atoms with Crippen molar-refractivity contribution in [3.8, 4) is 5.75 Å². The molecule has 0 fully saturated rings. The fourth-order valence-electron chi connectivity index (χ4n) is 3.01. The van der Waals surface area contributed by atoms with E-state index in [2.05, 4.69) is 10.3 Å². The molecule has 1 amide bonds. The molecule has 2 aromatic heterocycles. The lowest BCUT2D eigenvalue weighted by atomic mass is 10.0. The Morgan fingerprint density at radius 2 is 2.00 bits per heavy atom. The van der Waals surface area contributed by atoms with E-state index in [-0.39, 0.29) is 24.5 Å². The summed E-state index contributed by atoms with van der Waals surface area (Å²) < 4.78 is 7.32. The molecule has 6 nitrogen and oxygen atoms in total. The smallest absolute Gasteiger partial charge is 0.221 e. The first-order valence-electron chi connectivity index (χ1n) is 8.98. The van der Waals surface area contributed by atoms with E-state index < -0.39 is 6.04 Å². The van der Waals surface area contributed by atoms with Crippen molar-refractivity contribution in [3.05, 3.63) is 69.9 Å². The molecular formula is C21H23N3O3S. The van der Waals surface area contributed by atoms with Gasteiger partial charge in [0.1, 0.15) is 17.6 Å². The van der Waals surface area contributed by atoms with E-state index >= 15 is 0 Å². The Balaban J connectivity index is 1.75. The van der Waals surface area contributed by atoms with Gasteiger partial charge >= 0.3 is 0 Å². The molecule has 2 heterocycles. The highest BCUT2D eigenvalue weighted by Crippen LogP contribution is 2.29. The third-order valence-corrected chi connectivity index (χ3v) is 5.51. The largest absolute Gasteiger partial charge is 0.496 e. The first kappa shape index (κ1) is 19.8. The highest BCUT2D eigenvalue weighted by molar-refractivity contribution is 7.14. The van der Waals surface area contributed by atoms with Gasteiger partial charge in [0.2, 0.25) is 5.91 Å². The van der Waals surface area contributed by atoms with E-state index in [0.29, 0.717) is 16.5 Å². The van der Waals surface area contributed by atoms with Crippen molar-refractivity contribution in [2.75, 3.05) is 7.11 Å². The highest BCUT2D eigenvalue weighted by Gasteiger charge is 2.24. The molecule has 0 bridgehead atoms. The van der Waals surface area contributed by atoms with Gasteiger partial charge in [0, 0.05) is 42.7 Å². The number of hydrogen-bond acceptors (Lipinski definition) is 5. The van der Waals surface area contributed by atoms with Gasteiger partial charge in [0.05, 0.1) is 12.0 Å². The van der Waals surface area contributed by atoms with Crippen LogP contribution < -0.4 is 10.1 Å². The maximum absolute atomic E-state index is 12.6. The molecule has 3 aromatic rings. The molecular weight excluding hydrogens is 374 g/mol. The van der Waals surface area contributed by atoms with Crippen LogP contribution in [0.3, 0.4) is 0 Å². The molecule has 0 saturated heterocycles. The lowest BCUT2D eigenvalue weighted by Crippen LogP contribution is -2.31. The Labute approximate surface area is 168 Å². The van der Waals surface area contributed by atoms with Crippen LogP contribution in [-0.4, -0.2) is 28.4 Å². The van der Waals surface area contributed by atoms with Crippen molar-refractivity contribution in [3.63, 3.8) is 0 Å². The molecule has 1 N–H and O–H groups in total. The second-order valence-corrected chi connectivity index (χ2v) is 7.76. The molecule has 1 aromatic carbocycles. The van der Waals surface area contributed by atoms with Crippen molar-refractivity contribution in [2.24, 2.45) is 7.05 Å². The fraction of sp³-hybridized carbons (Fsp3) is 0.286. The van der Waals surface area contributed by atoms with Gasteiger partial charge in [-0.05, 0) is 25.1 Å². The van der Waals surface area contributed by atoms with Crippen molar-refractivity contribution in [1.82, 2.24) is 14.9 Å². The number of carbonyl (C=O) groups is 2. The summed E-state index contributed by atoms with van der Waals surface area (Å²) in [6, 6.07) is 10.8. The molecule has 146 valence electrons. The number of nitrogens with zero attached hydrogens (tertiary/aromatic N) is 2. The minimum atomic E-state index is -0.470. The van der Waals surface area contributed by atoms with Gasteiger partial charge in [-0.1, -0.05) is 18.2 Å². The topological polar surface area (TPSA) is 73.2 Å². The zero-order valence-corrected chi connectivity index (χ0v) is 17.0. The van der Waals surface area contributed by atoms with Gasteiger partial charge in [0.15, 0.2) is 5.78 Å². The summed E-state index contributed by atoms with van der Waals surface area (Å²) in [4.78, 5) is 31.1. The molecule has 0 aliphatic carbocycles. The second-order valence-electron chi connectivity index (χ2n) is 6.47. The minimum Gasteiger partial charge on any atom is -0.496 e. The molecule has 0 aliphatic heterocycles. The number of methoxy groups -OCH3 is 1. The number of aromatic nitrogens is 2. The predicted molar refractivity (Wildman–Crippen MR) is 109 cm³/mol. The Hall–Kier alpha value is -2.93. The number of thiophene rings is 1. The number of rotatable bonds is 8. The molecule has 3 rings (SSSR count). The summed E-state index contributed by atoms with van der Waals surface area (Å²) in [6.07, 6.45) is 3.80. The minimum absolute atomic E-state index is 0.0147. The Morgan fingerprint density at radius 3 is 2.64 bits per heavy atom. The SMILES string of the molecule is COc1ccccc1C(NC(=O)CCC(=O)c1ccc(C)s1)c1nccn1C. The average molecular weight is 398 g/mol. The second kappa shape index (κ2) is 8.84. The molecule has 7 heteroatoms. The number of amides is 1. The van der Waals surface area contributed by atoms with Crippen LogP contribution in [0.25, 0.3) is 0 Å². The van der Waals surface area contributed by atoms with Crippen LogP contribution in [-0.2, 0) is 11.8 Å². The number of Topliss-reactive ketones (excluding diaryl/α,β-unsaturated/α-hetero) is 1. The normalized spacial score (nSPS) is 11.8. The Bertz CT molecular complexity index is 977. The van der Waals surface area contributed by atoms with Gasteiger partial charge in [0.25, 0.3) is 0 Å². The number of aryl methyl sites for hydroxylation is 2. The number of para-hydroxylation sites is 1. The summed E-state index contributed by atoms with van der Waals surface area (Å²) in [6.45, 7) is 1.96. The van der Waals surface area contributed by atoms with Crippen LogP contribution in [0.5, 0.6) is 5.75 Å². The first-order chi connectivity index (χ1) is 13.5. The van der Waals surface area contributed by atoms with Gasteiger partial charge in [-0.15, -0.1) is 11.3 Å². The quantitative estimate of drug-likeness (QED) is 0.589. The highest BCUT2D eigenvalue weighted by atomic mass is 32.1. The monoisotopic (exact) mass is 397 g/mol. The van der Waals surface area contributed by atoms with Crippen LogP contribution in [0, 0.1) is 6.92 Å². The zero-order valence-electron chi connectivity index (χ0n) is 16.1. The van der Waals surface area contributed by atoms with E-state index in [1.165, 1.54) is 11.3 Å². The molecule has 0 radical (unpaired) electrons. The Morgan fingerprint density at radius 1 is 1.21 bits per heavy atom. The van der Waals surface area contributed by atoms with Crippen LogP contribution in [0.1, 0.15) is 44.8 Å². The van der Waals surface area contributed by atoms with Crippen LogP contribution in [0.15, 0.2) is 48.8 Å². The van der Waals surface area contributed by atoms with E-state index in [0.717, 1.165) is 10.4 Å². The van der Waals surface area contributed by atoms with E-state index in [1.54, 1.807) is 13.3 Å². The van der Waals surface area contributed by atoms with Gasteiger partial charge in [-0.3, -0.25) is 9.59 Å². The van der Waals surface area contributed by atoms with Crippen LogP contribution in [0.4, 0.5) is 0 Å². The predicted octanol–water partition coefficient (Wildman–Crippen LogP) is 3.67. The standard InChI is InChI=1S/C21H23N3O3S/c1-14-8-10-18(28-14)16(25)9-11-19(26)23-20(21-22-12-13-24(21)2)15-6-4-5-7-17(15)27-3/h4-8,10,12-13,20H,9,11H2,1-3H3,(H,23,26). The van der Waals surface area contributed by atoms with E-state index in [4.69, 9.17) is 4.74 Å². The molecule has 28 heavy (non-hydrogen) atoms. The van der Waals surface area contributed by atoms with Crippen molar-refractivity contribution in [2.45, 2.75) is 25.8 Å². The summed E-state index contributed by atoms with van der Waals surface area (Å²) in [5, 5.41) is 3.01. The van der Waals surface area contributed by atoms with Crippen molar-refractivity contribution >= 4 is 23.0 Å². The number of benzene rings is 1. The van der Waals surface area contributed by atoms with Crippen LogP contribution >= 0.6 is 11.3 Å². The summed E-state index contributed by atoms with van der Waals surface area (Å²) in [5.41, 5.74) is 0.813. The summed E-state index contributed by atoms with van der Waals surface area (Å²) >= 11 is 1.45. The molecule has 1 unspecified atom stereocenters. The first-order valence-corrected chi connectivity index (χ1v) is 9.80. The fourth-order valence-corrected chi connectivity index (χ4v) is 3.84. The summed E-state index contributed by atoms with van der Waals surface area (Å²) in [5.74, 6) is 1.14. The maximum Gasteiger partial charge on any atom is 0.221 e. The van der Waals surface area contributed by atoms with Crippen molar-refractivity contribution < 1.29 is 14.3 Å². The number of imidazole rings is 1. The number of ketones is 1.